The zero-order valence-corrected chi connectivity index (χ0v) is 14.6. The Bertz CT molecular complexity index is 546. The van der Waals surface area contributed by atoms with E-state index in [9.17, 15) is 4.79 Å². The largest absolute Gasteiger partial charge is 0.497 e. The third-order valence-electron chi connectivity index (χ3n) is 4.85. The Labute approximate surface area is 144 Å². The molecule has 1 unspecified atom stereocenters. The average Bonchev–Trinajstić information content (AvgIpc) is 3.30. The third-order valence-corrected chi connectivity index (χ3v) is 4.85. The van der Waals surface area contributed by atoms with Gasteiger partial charge in [-0.2, -0.15) is 0 Å². The molecule has 2 N–H and O–H groups in total. The number of benzene rings is 1. The summed E-state index contributed by atoms with van der Waals surface area (Å²) < 4.78 is 5.38. The molecule has 3 rings (SSSR count). The number of halogens is 1. The molecular formula is C18H27ClN2O2. The number of ether oxygens (including phenoxy) is 1. The number of carbonyl (C=O) groups is 1. The Hall–Kier alpha value is -1.26. The van der Waals surface area contributed by atoms with Crippen LogP contribution in [-0.4, -0.2) is 31.0 Å². The maximum atomic E-state index is 11.0. The molecule has 0 bridgehead atoms. The fourth-order valence-corrected chi connectivity index (χ4v) is 3.51. The average molecular weight is 339 g/mol. The van der Waals surface area contributed by atoms with Crippen LogP contribution < -0.4 is 10.5 Å². The molecule has 1 fully saturated rings. The molecule has 0 spiro atoms. The first-order valence-corrected chi connectivity index (χ1v) is 8.33. The van der Waals surface area contributed by atoms with E-state index in [2.05, 4.69) is 23.1 Å². The molecule has 1 aromatic rings. The van der Waals surface area contributed by atoms with E-state index in [1.54, 1.807) is 7.11 Å². The lowest BCUT2D eigenvalue weighted by Crippen LogP contribution is -2.35. The highest BCUT2D eigenvalue weighted by molar-refractivity contribution is 5.85. The minimum absolute atomic E-state index is 0. The van der Waals surface area contributed by atoms with Crippen LogP contribution in [0, 0.1) is 5.92 Å². The lowest BCUT2D eigenvalue weighted by atomic mass is 9.86. The lowest BCUT2D eigenvalue weighted by molar-refractivity contribution is -0.118. The third kappa shape index (κ3) is 4.85. The van der Waals surface area contributed by atoms with Gasteiger partial charge < -0.3 is 10.5 Å². The van der Waals surface area contributed by atoms with Crippen molar-refractivity contribution < 1.29 is 9.53 Å². The van der Waals surface area contributed by atoms with Crippen molar-refractivity contribution in [1.29, 1.82) is 0 Å². The van der Waals surface area contributed by atoms with E-state index < -0.39 is 0 Å². The molecular weight excluding hydrogens is 312 g/mol. The molecule has 1 amide bonds. The van der Waals surface area contributed by atoms with Gasteiger partial charge in [0, 0.05) is 26.1 Å². The van der Waals surface area contributed by atoms with Crippen LogP contribution in [0.25, 0.3) is 0 Å². The first-order valence-electron chi connectivity index (χ1n) is 8.33. The van der Waals surface area contributed by atoms with E-state index in [1.807, 2.05) is 0 Å². The molecule has 1 saturated carbocycles. The summed E-state index contributed by atoms with van der Waals surface area (Å²) in [7, 11) is 1.71. The molecule has 1 aliphatic carbocycles. The number of fused-ring (bicyclic) bond motifs is 1. The highest BCUT2D eigenvalue weighted by Gasteiger charge is 2.30. The summed E-state index contributed by atoms with van der Waals surface area (Å²) in [6, 6.07) is 6.44. The van der Waals surface area contributed by atoms with E-state index in [-0.39, 0.29) is 18.3 Å². The number of nitrogens with zero attached hydrogens (tertiary/aromatic N) is 1. The Morgan fingerprint density at radius 3 is 2.83 bits per heavy atom. The molecule has 4 nitrogen and oxygen atoms in total. The van der Waals surface area contributed by atoms with Gasteiger partial charge in [0.15, 0.2) is 0 Å². The number of nitrogens with two attached hydrogens (primary N) is 1. The Balaban J connectivity index is 0.00000192. The smallest absolute Gasteiger partial charge is 0.217 e. The quantitative estimate of drug-likeness (QED) is 0.831. The first-order chi connectivity index (χ1) is 10.7. The second kappa shape index (κ2) is 8.02. The van der Waals surface area contributed by atoms with E-state index in [4.69, 9.17) is 10.5 Å². The molecule has 2 aliphatic rings. The summed E-state index contributed by atoms with van der Waals surface area (Å²) in [5.74, 6) is 2.12. The monoisotopic (exact) mass is 338 g/mol. The van der Waals surface area contributed by atoms with Gasteiger partial charge in [0.05, 0.1) is 7.11 Å². The Morgan fingerprint density at radius 2 is 2.17 bits per heavy atom. The summed E-state index contributed by atoms with van der Waals surface area (Å²) >= 11 is 0. The standard InChI is InChI=1S/C18H26N2O2.ClH/c1-22-16-8-7-15-12-20(10-13-5-6-13)11-14(17(15)9-16)3-2-4-18(19)21;/h7-9,13-14H,2-6,10-12H2,1H3,(H2,19,21);1H. The normalized spacial score (nSPS) is 20.5. The lowest BCUT2D eigenvalue weighted by Gasteiger charge is -2.35. The molecule has 1 heterocycles. The fourth-order valence-electron chi connectivity index (χ4n) is 3.51. The summed E-state index contributed by atoms with van der Waals surface area (Å²) in [5.41, 5.74) is 8.09. The molecule has 0 saturated heterocycles. The van der Waals surface area contributed by atoms with Gasteiger partial charge in [0.1, 0.15) is 5.75 Å². The molecule has 0 radical (unpaired) electrons. The van der Waals surface area contributed by atoms with E-state index >= 15 is 0 Å². The van der Waals surface area contributed by atoms with Crippen LogP contribution >= 0.6 is 12.4 Å². The number of hydrogen-bond donors (Lipinski definition) is 1. The van der Waals surface area contributed by atoms with Crippen LogP contribution in [0.1, 0.15) is 49.1 Å². The Morgan fingerprint density at radius 1 is 1.39 bits per heavy atom. The second-order valence-electron chi connectivity index (χ2n) is 6.76. The first kappa shape index (κ1) is 18.1. The minimum atomic E-state index is -0.198. The van der Waals surface area contributed by atoms with Gasteiger partial charge in [-0.15, -0.1) is 12.4 Å². The number of methoxy groups -OCH3 is 1. The topological polar surface area (TPSA) is 55.6 Å². The van der Waals surface area contributed by atoms with Gasteiger partial charge >= 0.3 is 0 Å². The molecule has 128 valence electrons. The van der Waals surface area contributed by atoms with Crippen LogP contribution in [0.5, 0.6) is 5.75 Å². The molecule has 5 heteroatoms. The van der Waals surface area contributed by atoms with E-state index in [0.29, 0.717) is 12.3 Å². The number of rotatable bonds is 7. The van der Waals surface area contributed by atoms with Crippen LogP contribution in [0.15, 0.2) is 18.2 Å². The SMILES string of the molecule is COc1ccc2c(c1)C(CCCC(N)=O)CN(CC1CC1)C2.Cl. The number of amides is 1. The van der Waals surface area contributed by atoms with Crippen molar-refractivity contribution in [3.63, 3.8) is 0 Å². The number of hydrogen-bond acceptors (Lipinski definition) is 3. The number of primary amides is 1. The van der Waals surface area contributed by atoms with Crippen LogP contribution in [0.4, 0.5) is 0 Å². The van der Waals surface area contributed by atoms with Crippen molar-refractivity contribution >= 4 is 18.3 Å². The summed E-state index contributed by atoms with van der Waals surface area (Å²) in [6.07, 6.45) is 5.15. The van der Waals surface area contributed by atoms with Crippen molar-refractivity contribution in [3.05, 3.63) is 29.3 Å². The Kier molecular flexibility index (Phi) is 6.31. The summed E-state index contributed by atoms with van der Waals surface area (Å²) in [4.78, 5) is 13.6. The van der Waals surface area contributed by atoms with Gasteiger partial charge in [-0.1, -0.05) is 6.07 Å². The van der Waals surface area contributed by atoms with Crippen molar-refractivity contribution in [2.75, 3.05) is 20.2 Å². The van der Waals surface area contributed by atoms with Gasteiger partial charge in [-0.05, 0) is 60.8 Å². The second-order valence-corrected chi connectivity index (χ2v) is 6.76. The van der Waals surface area contributed by atoms with Crippen LogP contribution in [0.3, 0.4) is 0 Å². The van der Waals surface area contributed by atoms with Crippen molar-refractivity contribution in [2.45, 2.75) is 44.6 Å². The van der Waals surface area contributed by atoms with Crippen molar-refractivity contribution in [2.24, 2.45) is 11.7 Å². The molecule has 1 atom stereocenters. The van der Waals surface area contributed by atoms with Gasteiger partial charge in [0.25, 0.3) is 0 Å². The fraction of sp³-hybridized carbons (Fsp3) is 0.611. The molecule has 0 aromatic heterocycles. The van der Waals surface area contributed by atoms with Crippen LogP contribution in [-0.2, 0) is 11.3 Å². The molecule has 23 heavy (non-hydrogen) atoms. The van der Waals surface area contributed by atoms with Crippen molar-refractivity contribution in [3.8, 4) is 5.75 Å². The predicted molar refractivity (Wildman–Crippen MR) is 94.0 cm³/mol. The minimum Gasteiger partial charge on any atom is -0.497 e. The van der Waals surface area contributed by atoms with Gasteiger partial charge in [-0.25, -0.2) is 0 Å². The van der Waals surface area contributed by atoms with Gasteiger partial charge in [-0.3, -0.25) is 9.69 Å². The van der Waals surface area contributed by atoms with E-state index in [0.717, 1.165) is 37.6 Å². The zero-order valence-electron chi connectivity index (χ0n) is 13.8. The molecule has 1 aromatic carbocycles. The summed E-state index contributed by atoms with van der Waals surface area (Å²) in [6.45, 7) is 3.36. The van der Waals surface area contributed by atoms with Gasteiger partial charge in [0.2, 0.25) is 5.91 Å². The zero-order chi connectivity index (χ0) is 15.5. The number of carbonyl (C=O) groups excluding carboxylic acids is 1. The summed E-state index contributed by atoms with van der Waals surface area (Å²) in [5, 5.41) is 0. The van der Waals surface area contributed by atoms with Crippen molar-refractivity contribution in [1.82, 2.24) is 4.90 Å². The predicted octanol–water partition coefficient (Wildman–Crippen LogP) is 3.08. The van der Waals surface area contributed by atoms with E-state index in [1.165, 1.54) is 30.5 Å². The molecule has 1 aliphatic heterocycles. The maximum absolute atomic E-state index is 11.0. The maximum Gasteiger partial charge on any atom is 0.217 e. The highest BCUT2D eigenvalue weighted by Crippen LogP contribution is 2.37. The highest BCUT2D eigenvalue weighted by atomic mass is 35.5. The van der Waals surface area contributed by atoms with Crippen LogP contribution in [0.2, 0.25) is 0 Å².